The Morgan fingerprint density at radius 2 is 2.21 bits per heavy atom. The lowest BCUT2D eigenvalue weighted by atomic mass is 10.3. The largest absolute Gasteiger partial charge is 0.383 e. The van der Waals surface area contributed by atoms with Crippen LogP contribution in [0.25, 0.3) is 11.0 Å². The average molecular weight is 190 g/mol. The average Bonchev–Trinajstić information content (AvgIpc) is 2.61. The summed E-state index contributed by atoms with van der Waals surface area (Å²) >= 11 is 0. The number of para-hydroxylation sites is 2. The third kappa shape index (κ3) is 1.51. The molecule has 0 saturated carbocycles. The Labute approximate surface area is 83.3 Å². The van der Waals surface area contributed by atoms with Crippen molar-refractivity contribution in [2.24, 2.45) is 0 Å². The van der Waals surface area contributed by atoms with Crippen LogP contribution in [0.3, 0.4) is 0 Å². The quantitative estimate of drug-likeness (QED) is 0.742. The Hall–Kier alpha value is -1.35. The summed E-state index contributed by atoms with van der Waals surface area (Å²) in [6.07, 6.45) is 1.87. The van der Waals surface area contributed by atoms with Crippen LogP contribution in [-0.4, -0.2) is 23.3 Å². The summed E-state index contributed by atoms with van der Waals surface area (Å²) < 4.78 is 7.27. The molecule has 0 N–H and O–H groups in total. The number of hydrogen-bond donors (Lipinski definition) is 0. The molecule has 1 unspecified atom stereocenters. The molecule has 0 aliphatic rings. The Kier molecular flexibility index (Phi) is 2.50. The number of methoxy groups -OCH3 is 1. The minimum Gasteiger partial charge on any atom is -0.383 e. The fourth-order valence-corrected chi connectivity index (χ4v) is 1.65. The molecule has 3 heteroatoms. The highest BCUT2D eigenvalue weighted by Gasteiger charge is 2.07. The third-order valence-electron chi connectivity index (χ3n) is 2.36. The van der Waals surface area contributed by atoms with Gasteiger partial charge in [0, 0.05) is 7.11 Å². The maximum absolute atomic E-state index is 5.13. The second-order valence-corrected chi connectivity index (χ2v) is 3.44. The van der Waals surface area contributed by atoms with Crippen molar-refractivity contribution in [2.45, 2.75) is 13.0 Å². The molecule has 0 aliphatic heterocycles. The van der Waals surface area contributed by atoms with E-state index in [0.717, 1.165) is 11.0 Å². The lowest BCUT2D eigenvalue weighted by Crippen LogP contribution is -2.09. The fourth-order valence-electron chi connectivity index (χ4n) is 1.65. The zero-order valence-corrected chi connectivity index (χ0v) is 8.47. The second kappa shape index (κ2) is 3.80. The van der Waals surface area contributed by atoms with Crippen LogP contribution in [0.1, 0.15) is 13.0 Å². The molecule has 74 valence electrons. The summed E-state index contributed by atoms with van der Waals surface area (Å²) in [6, 6.07) is 8.45. The predicted molar refractivity (Wildman–Crippen MR) is 56.3 cm³/mol. The molecule has 1 aromatic carbocycles. The van der Waals surface area contributed by atoms with Gasteiger partial charge in [-0.15, -0.1) is 0 Å². The van der Waals surface area contributed by atoms with Gasteiger partial charge in [-0.25, -0.2) is 4.98 Å². The third-order valence-corrected chi connectivity index (χ3v) is 2.36. The van der Waals surface area contributed by atoms with Crippen molar-refractivity contribution in [1.82, 2.24) is 9.55 Å². The van der Waals surface area contributed by atoms with Crippen LogP contribution in [0, 0.1) is 0 Å². The normalized spacial score (nSPS) is 13.3. The summed E-state index contributed by atoms with van der Waals surface area (Å²) in [4.78, 5) is 4.33. The van der Waals surface area contributed by atoms with Crippen LogP contribution in [0.5, 0.6) is 0 Å². The van der Waals surface area contributed by atoms with Crippen molar-refractivity contribution in [2.75, 3.05) is 13.7 Å². The molecule has 0 amide bonds. The minimum atomic E-state index is 0.326. The van der Waals surface area contributed by atoms with Crippen LogP contribution in [0.15, 0.2) is 30.6 Å². The van der Waals surface area contributed by atoms with Gasteiger partial charge in [0.05, 0.1) is 30.0 Å². The first kappa shape index (κ1) is 9.21. The Morgan fingerprint density at radius 3 is 3.00 bits per heavy atom. The summed E-state index contributed by atoms with van der Waals surface area (Å²) in [7, 11) is 1.72. The zero-order chi connectivity index (χ0) is 9.97. The molecule has 14 heavy (non-hydrogen) atoms. The molecular weight excluding hydrogens is 176 g/mol. The monoisotopic (exact) mass is 190 g/mol. The maximum Gasteiger partial charge on any atom is 0.0961 e. The van der Waals surface area contributed by atoms with Crippen LogP contribution in [0.2, 0.25) is 0 Å². The first-order chi connectivity index (χ1) is 6.83. The van der Waals surface area contributed by atoms with Gasteiger partial charge < -0.3 is 9.30 Å². The van der Waals surface area contributed by atoms with E-state index in [9.17, 15) is 0 Å². The molecule has 0 fully saturated rings. The summed E-state index contributed by atoms with van der Waals surface area (Å²) in [5.74, 6) is 0. The van der Waals surface area contributed by atoms with E-state index in [2.05, 4.69) is 22.5 Å². The van der Waals surface area contributed by atoms with Crippen LogP contribution in [0.4, 0.5) is 0 Å². The van der Waals surface area contributed by atoms with Gasteiger partial charge in [-0.1, -0.05) is 12.1 Å². The summed E-state index contributed by atoms with van der Waals surface area (Å²) in [5.41, 5.74) is 2.20. The van der Waals surface area contributed by atoms with E-state index in [-0.39, 0.29) is 0 Å². The van der Waals surface area contributed by atoms with E-state index < -0.39 is 0 Å². The van der Waals surface area contributed by atoms with Crippen LogP contribution in [-0.2, 0) is 4.74 Å². The van der Waals surface area contributed by atoms with Crippen molar-refractivity contribution in [3.8, 4) is 0 Å². The maximum atomic E-state index is 5.13. The van der Waals surface area contributed by atoms with Gasteiger partial charge in [0.2, 0.25) is 0 Å². The molecule has 0 aliphatic carbocycles. The molecule has 2 rings (SSSR count). The number of fused-ring (bicyclic) bond motifs is 1. The standard InChI is InChI=1S/C11H14N2O/c1-9(7-14-2)13-8-12-10-5-3-4-6-11(10)13/h3-6,8-9H,7H2,1-2H3. The van der Waals surface area contributed by atoms with E-state index in [1.165, 1.54) is 0 Å². The van der Waals surface area contributed by atoms with Crippen molar-refractivity contribution in [1.29, 1.82) is 0 Å². The smallest absolute Gasteiger partial charge is 0.0961 e. The van der Waals surface area contributed by atoms with Crippen molar-refractivity contribution in [3.63, 3.8) is 0 Å². The van der Waals surface area contributed by atoms with E-state index in [1.54, 1.807) is 7.11 Å². The van der Waals surface area contributed by atoms with Gasteiger partial charge in [0.1, 0.15) is 0 Å². The zero-order valence-electron chi connectivity index (χ0n) is 8.47. The molecule has 0 radical (unpaired) electrons. The lowest BCUT2D eigenvalue weighted by Gasteiger charge is -2.12. The number of aromatic nitrogens is 2. The van der Waals surface area contributed by atoms with E-state index in [0.29, 0.717) is 12.6 Å². The molecule has 0 spiro atoms. The topological polar surface area (TPSA) is 27.1 Å². The Bertz CT molecular complexity index is 422. The molecule has 0 bridgehead atoms. The van der Waals surface area contributed by atoms with Crippen LogP contribution >= 0.6 is 0 Å². The van der Waals surface area contributed by atoms with Gasteiger partial charge >= 0.3 is 0 Å². The highest BCUT2D eigenvalue weighted by Crippen LogP contribution is 2.16. The second-order valence-electron chi connectivity index (χ2n) is 3.44. The molecule has 1 aromatic heterocycles. The van der Waals surface area contributed by atoms with E-state index in [4.69, 9.17) is 4.74 Å². The number of hydrogen-bond acceptors (Lipinski definition) is 2. The van der Waals surface area contributed by atoms with E-state index in [1.807, 2.05) is 24.5 Å². The highest BCUT2D eigenvalue weighted by atomic mass is 16.5. The molecule has 1 heterocycles. The molecule has 0 saturated heterocycles. The number of benzene rings is 1. The van der Waals surface area contributed by atoms with Crippen molar-refractivity contribution >= 4 is 11.0 Å². The van der Waals surface area contributed by atoms with Gasteiger partial charge in [-0.3, -0.25) is 0 Å². The van der Waals surface area contributed by atoms with Gasteiger partial charge in [0.15, 0.2) is 0 Å². The minimum absolute atomic E-state index is 0.326. The first-order valence-electron chi connectivity index (χ1n) is 4.73. The number of ether oxygens (including phenoxy) is 1. The molecular formula is C11H14N2O. The van der Waals surface area contributed by atoms with Gasteiger partial charge in [-0.05, 0) is 19.1 Å². The molecule has 2 aromatic rings. The van der Waals surface area contributed by atoms with Crippen LogP contribution < -0.4 is 0 Å². The number of rotatable bonds is 3. The fraction of sp³-hybridized carbons (Fsp3) is 0.364. The predicted octanol–water partition coefficient (Wildman–Crippen LogP) is 2.24. The molecule has 1 atom stereocenters. The first-order valence-corrected chi connectivity index (χ1v) is 4.73. The highest BCUT2D eigenvalue weighted by molar-refractivity contribution is 5.75. The number of nitrogens with zero attached hydrogens (tertiary/aromatic N) is 2. The van der Waals surface area contributed by atoms with Gasteiger partial charge in [0.25, 0.3) is 0 Å². The molecule has 3 nitrogen and oxygen atoms in total. The lowest BCUT2D eigenvalue weighted by molar-refractivity contribution is 0.163. The Morgan fingerprint density at radius 1 is 1.43 bits per heavy atom. The van der Waals surface area contributed by atoms with Crippen molar-refractivity contribution in [3.05, 3.63) is 30.6 Å². The van der Waals surface area contributed by atoms with Gasteiger partial charge in [-0.2, -0.15) is 0 Å². The van der Waals surface area contributed by atoms with E-state index >= 15 is 0 Å². The summed E-state index contributed by atoms with van der Waals surface area (Å²) in [6.45, 7) is 2.83. The van der Waals surface area contributed by atoms with Crippen molar-refractivity contribution < 1.29 is 4.74 Å². The number of imidazole rings is 1. The summed E-state index contributed by atoms with van der Waals surface area (Å²) in [5, 5.41) is 0. The SMILES string of the molecule is COCC(C)n1cnc2ccccc21. The Balaban J connectivity index is 2.42.